The van der Waals surface area contributed by atoms with E-state index >= 15 is 0 Å². The van der Waals surface area contributed by atoms with Gasteiger partial charge in [-0.2, -0.15) is 5.26 Å². The van der Waals surface area contributed by atoms with E-state index in [9.17, 15) is 8.42 Å². The topological polar surface area (TPSA) is 70.0 Å². The van der Waals surface area contributed by atoms with Crippen molar-refractivity contribution >= 4 is 33.4 Å². The average Bonchev–Trinajstić information content (AvgIpc) is 2.46. The molecule has 0 unspecified atom stereocenters. The molecule has 4 nitrogen and oxygen atoms in total. The van der Waals surface area contributed by atoms with Crippen LogP contribution in [0, 0.1) is 11.3 Å². The molecule has 0 atom stereocenters. The molecule has 106 valence electrons. The Labute approximate surface area is 128 Å². The zero-order valence-electron chi connectivity index (χ0n) is 10.8. The van der Waals surface area contributed by atoms with Gasteiger partial charge in [0.05, 0.1) is 22.7 Å². The zero-order chi connectivity index (χ0) is 15.3. The standard InChI is InChI=1S/C15H11ClN2O2S/c16-14-6-4-12(5-7-14)8-9-21(19,20)18-15-3-1-2-13(10-15)11-17/h1-10,18H. The van der Waals surface area contributed by atoms with Crippen LogP contribution in [0.2, 0.25) is 5.02 Å². The molecule has 0 saturated carbocycles. The van der Waals surface area contributed by atoms with E-state index in [0.717, 1.165) is 11.0 Å². The van der Waals surface area contributed by atoms with Gasteiger partial charge in [-0.25, -0.2) is 8.42 Å². The Balaban J connectivity index is 2.15. The van der Waals surface area contributed by atoms with Gasteiger partial charge in [0.2, 0.25) is 0 Å². The minimum absolute atomic E-state index is 0.342. The van der Waals surface area contributed by atoms with Gasteiger partial charge < -0.3 is 0 Å². The highest BCUT2D eigenvalue weighted by molar-refractivity contribution is 7.95. The number of rotatable bonds is 4. The van der Waals surface area contributed by atoms with Gasteiger partial charge in [-0.3, -0.25) is 4.72 Å². The maximum absolute atomic E-state index is 11.9. The monoisotopic (exact) mass is 318 g/mol. The summed E-state index contributed by atoms with van der Waals surface area (Å²) >= 11 is 5.76. The van der Waals surface area contributed by atoms with Gasteiger partial charge in [0, 0.05) is 5.02 Å². The summed E-state index contributed by atoms with van der Waals surface area (Å²) in [5.74, 6) is 0. The number of nitrogens with one attached hydrogen (secondary N) is 1. The second kappa shape index (κ2) is 6.44. The number of hydrogen-bond donors (Lipinski definition) is 1. The number of anilines is 1. The van der Waals surface area contributed by atoms with E-state index in [2.05, 4.69) is 4.72 Å². The number of hydrogen-bond acceptors (Lipinski definition) is 3. The van der Waals surface area contributed by atoms with Crippen molar-refractivity contribution in [2.45, 2.75) is 0 Å². The van der Waals surface area contributed by atoms with Gasteiger partial charge in [-0.15, -0.1) is 0 Å². The predicted octanol–water partition coefficient (Wildman–Crippen LogP) is 3.62. The number of nitriles is 1. The third-order valence-corrected chi connectivity index (χ3v) is 3.83. The fourth-order valence-corrected chi connectivity index (χ4v) is 2.58. The van der Waals surface area contributed by atoms with Crippen molar-refractivity contribution < 1.29 is 8.42 Å². The lowest BCUT2D eigenvalue weighted by atomic mass is 10.2. The van der Waals surface area contributed by atoms with Crippen LogP contribution in [0.1, 0.15) is 11.1 Å². The van der Waals surface area contributed by atoms with Crippen LogP contribution in [0.15, 0.2) is 53.9 Å². The molecule has 0 radical (unpaired) electrons. The average molecular weight is 319 g/mol. The molecule has 2 aromatic rings. The molecular weight excluding hydrogens is 308 g/mol. The zero-order valence-corrected chi connectivity index (χ0v) is 12.4. The van der Waals surface area contributed by atoms with E-state index in [1.165, 1.54) is 12.1 Å². The second-order valence-corrected chi connectivity index (χ2v) is 6.20. The van der Waals surface area contributed by atoms with Gasteiger partial charge in [-0.1, -0.05) is 29.8 Å². The maximum Gasteiger partial charge on any atom is 0.255 e. The third kappa shape index (κ3) is 4.63. The van der Waals surface area contributed by atoms with E-state index < -0.39 is 10.0 Å². The van der Waals surface area contributed by atoms with E-state index in [0.29, 0.717) is 16.3 Å². The summed E-state index contributed by atoms with van der Waals surface area (Å²) in [5, 5.41) is 10.4. The van der Waals surface area contributed by atoms with Crippen LogP contribution in [0.25, 0.3) is 6.08 Å². The molecule has 2 rings (SSSR count). The van der Waals surface area contributed by atoms with Gasteiger partial charge in [-0.05, 0) is 42.0 Å². The molecule has 0 aliphatic rings. The van der Waals surface area contributed by atoms with Crippen LogP contribution in [-0.2, 0) is 10.0 Å². The number of halogens is 1. The van der Waals surface area contributed by atoms with Crippen molar-refractivity contribution in [2.24, 2.45) is 0 Å². The van der Waals surface area contributed by atoms with Crippen LogP contribution in [0.3, 0.4) is 0 Å². The van der Waals surface area contributed by atoms with Crippen molar-refractivity contribution in [3.8, 4) is 6.07 Å². The van der Waals surface area contributed by atoms with Gasteiger partial charge >= 0.3 is 0 Å². The van der Waals surface area contributed by atoms with E-state index in [1.54, 1.807) is 42.5 Å². The minimum Gasteiger partial charge on any atom is -0.280 e. The van der Waals surface area contributed by atoms with Gasteiger partial charge in [0.25, 0.3) is 10.0 Å². The van der Waals surface area contributed by atoms with Crippen LogP contribution < -0.4 is 4.72 Å². The Bertz CT molecular complexity index is 806. The van der Waals surface area contributed by atoms with Crippen LogP contribution in [0.4, 0.5) is 5.69 Å². The highest BCUT2D eigenvalue weighted by Gasteiger charge is 2.06. The molecule has 0 spiro atoms. The van der Waals surface area contributed by atoms with Crippen LogP contribution in [0.5, 0.6) is 0 Å². The summed E-state index contributed by atoms with van der Waals surface area (Å²) in [6.07, 6.45) is 1.47. The lowest BCUT2D eigenvalue weighted by Gasteiger charge is -2.04. The molecule has 0 amide bonds. The molecule has 0 bridgehead atoms. The Morgan fingerprint density at radius 2 is 1.86 bits per heavy atom. The van der Waals surface area contributed by atoms with Crippen molar-refractivity contribution in [3.63, 3.8) is 0 Å². The Hall–Kier alpha value is -2.29. The Morgan fingerprint density at radius 3 is 2.52 bits per heavy atom. The fourth-order valence-electron chi connectivity index (χ4n) is 1.59. The molecule has 0 fully saturated rings. The maximum atomic E-state index is 11.9. The summed E-state index contributed by atoms with van der Waals surface area (Å²) in [4.78, 5) is 0. The molecule has 2 aromatic carbocycles. The summed E-state index contributed by atoms with van der Waals surface area (Å²) < 4.78 is 26.2. The number of sulfonamides is 1. The van der Waals surface area contributed by atoms with Crippen LogP contribution >= 0.6 is 11.6 Å². The third-order valence-electron chi connectivity index (χ3n) is 2.56. The summed E-state index contributed by atoms with van der Waals surface area (Å²) in [6.45, 7) is 0. The molecule has 6 heteroatoms. The first-order chi connectivity index (χ1) is 9.98. The van der Waals surface area contributed by atoms with Crippen molar-refractivity contribution in [1.29, 1.82) is 5.26 Å². The van der Waals surface area contributed by atoms with Crippen molar-refractivity contribution in [1.82, 2.24) is 0 Å². The first-order valence-electron chi connectivity index (χ1n) is 5.95. The predicted molar refractivity (Wildman–Crippen MR) is 84.2 cm³/mol. The van der Waals surface area contributed by atoms with Crippen molar-refractivity contribution in [2.75, 3.05) is 4.72 Å². The highest BCUT2D eigenvalue weighted by atomic mass is 35.5. The molecule has 0 aliphatic carbocycles. The lowest BCUT2D eigenvalue weighted by Crippen LogP contribution is -2.08. The first-order valence-corrected chi connectivity index (χ1v) is 7.87. The van der Waals surface area contributed by atoms with E-state index in [4.69, 9.17) is 16.9 Å². The van der Waals surface area contributed by atoms with Crippen LogP contribution in [-0.4, -0.2) is 8.42 Å². The fraction of sp³-hybridized carbons (Fsp3) is 0. The molecule has 1 N–H and O–H groups in total. The van der Waals surface area contributed by atoms with E-state index in [1.807, 2.05) is 6.07 Å². The second-order valence-electron chi connectivity index (χ2n) is 4.19. The highest BCUT2D eigenvalue weighted by Crippen LogP contribution is 2.14. The lowest BCUT2D eigenvalue weighted by molar-refractivity contribution is 0.609. The molecular formula is C15H11ClN2O2S. The van der Waals surface area contributed by atoms with Gasteiger partial charge in [0.1, 0.15) is 0 Å². The van der Waals surface area contributed by atoms with E-state index in [-0.39, 0.29) is 0 Å². The number of benzene rings is 2. The molecule has 0 aliphatic heterocycles. The first kappa shape index (κ1) is 15.1. The molecule has 0 saturated heterocycles. The van der Waals surface area contributed by atoms with Gasteiger partial charge in [0.15, 0.2) is 0 Å². The molecule has 0 aromatic heterocycles. The minimum atomic E-state index is -3.64. The Kier molecular flexibility index (Phi) is 4.63. The number of nitrogens with zero attached hydrogens (tertiary/aromatic N) is 1. The smallest absolute Gasteiger partial charge is 0.255 e. The summed E-state index contributed by atoms with van der Waals surface area (Å²) in [6, 6.07) is 15.0. The van der Waals surface area contributed by atoms with Crippen molar-refractivity contribution in [3.05, 3.63) is 70.1 Å². The molecule has 0 heterocycles. The normalized spacial score (nSPS) is 11.2. The quantitative estimate of drug-likeness (QED) is 0.935. The summed E-state index contributed by atoms with van der Waals surface area (Å²) in [7, 11) is -3.64. The molecule has 21 heavy (non-hydrogen) atoms. The SMILES string of the molecule is N#Cc1cccc(NS(=O)(=O)C=Cc2ccc(Cl)cc2)c1. The summed E-state index contributed by atoms with van der Waals surface area (Å²) in [5.41, 5.74) is 1.45. The Morgan fingerprint density at radius 1 is 1.14 bits per heavy atom. The largest absolute Gasteiger partial charge is 0.280 e.